The first-order valence-corrected chi connectivity index (χ1v) is 22.7. The summed E-state index contributed by atoms with van der Waals surface area (Å²) in [5.74, 6) is -4.87. The highest BCUT2D eigenvalue weighted by molar-refractivity contribution is 7.13. The van der Waals surface area contributed by atoms with E-state index in [1.165, 1.54) is 18.3 Å². The van der Waals surface area contributed by atoms with E-state index in [9.17, 15) is 19.5 Å². The van der Waals surface area contributed by atoms with Crippen molar-refractivity contribution in [2.24, 2.45) is 33.3 Å². The molecule has 12 atom stereocenters. The van der Waals surface area contributed by atoms with E-state index in [2.05, 4.69) is 20.1 Å². The Balaban J connectivity index is 1.66. The minimum atomic E-state index is -3.12. The number of esters is 1. The molecule has 16 nitrogen and oxygen atoms in total. The number of pyridine rings is 1. The van der Waals surface area contributed by atoms with Crippen LogP contribution in [0.3, 0.4) is 0 Å². The number of amides is 1. The monoisotopic (exact) mass is 902 g/mol. The molecule has 63 heavy (non-hydrogen) atoms. The van der Waals surface area contributed by atoms with Gasteiger partial charge in [0.15, 0.2) is 18.7 Å². The maximum atomic E-state index is 17.0. The number of nitrogens with two attached hydrogens (primary N) is 1. The SMILES string of the molecule is CCC(=O)N=C1[C@H](C)C[C@@]2(C)OC/C(=N/OCc3ccc(-c4nc(N)cs4)cn3)COC([C@H]1C)C(C)(C)[C@@H](CC)OC(=O)[C@@](C)(F)C(=O)[C@H](C)[C@H]2OC1O[C@H](C)C[C@H](N(C)C)[C@H]1O. The lowest BCUT2D eigenvalue weighted by Crippen LogP contribution is -2.61. The highest BCUT2D eigenvalue weighted by atomic mass is 32.1. The normalized spacial score (nSPS) is 36.0. The molecule has 18 heteroatoms. The number of aromatic nitrogens is 2. The lowest BCUT2D eigenvalue weighted by Gasteiger charge is -2.48. The summed E-state index contributed by atoms with van der Waals surface area (Å²) in [5, 5.41) is 18.7. The Hall–Kier alpha value is -3.78. The van der Waals surface area contributed by atoms with E-state index in [-0.39, 0.29) is 57.1 Å². The first-order valence-electron chi connectivity index (χ1n) is 21.8. The molecule has 5 rings (SSSR count). The average molecular weight is 903 g/mol. The number of aliphatic hydroxyl groups excluding tert-OH is 1. The van der Waals surface area contributed by atoms with Crippen LogP contribution in [0.5, 0.6) is 0 Å². The van der Waals surface area contributed by atoms with Crippen LogP contribution < -0.4 is 5.73 Å². The number of carbonyl (C=O) groups is 3. The number of aliphatic hydroxyl groups is 1. The van der Waals surface area contributed by atoms with E-state index >= 15 is 4.39 Å². The number of hydrogen-bond acceptors (Lipinski definition) is 16. The standard InChI is InChI=1S/C45H67FN6O10S/c1-13-32-43(7,8)38-26(5)35(50-34(53)14-2)24(3)18-44(9,58-21-30(20-57-38)51-59-22-29-16-15-28(19-48-29)40-49-33(47)23-63-40)39(27(6)37(55)45(10,46)42(56)61-32)62-41-36(54)31(52(11)12)17-25(4)60-41/h15-16,19,23-27,31-32,36,38-39,41,54H,13-14,17-18,20-22,47H2,1-12H3/b50-35?,51-30+/t24-,25-,26+,27+,31+,32-,36-,38?,39-,41?,44-,45+/m1/s1. The second-order valence-corrected chi connectivity index (χ2v) is 19.3. The predicted octanol–water partition coefficient (Wildman–Crippen LogP) is 5.98. The van der Waals surface area contributed by atoms with Gasteiger partial charge in [0.05, 0.1) is 42.8 Å². The molecule has 2 aromatic heterocycles. The number of cyclic esters (lactones) is 1. The largest absolute Gasteiger partial charge is 0.459 e. The zero-order valence-electron chi connectivity index (χ0n) is 38.8. The molecule has 0 radical (unpaired) electrons. The summed E-state index contributed by atoms with van der Waals surface area (Å²) in [7, 11) is 3.67. The number of nitrogen functional groups attached to an aromatic ring is 1. The zero-order chi connectivity index (χ0) is 46.6. The van der Waals surface area contributed by atoms with Crippen LogP contribution in [0.15, 0.2) is 33.9 Å². The topological polar surface area (TPSA) is 207 Å². The quantitative estimate of drug-likeness (QED) is 0.169. The second-order valence-electron chi connectivity index (χ2n) is 18.5. The molecule has 2 bridgehead atoms. The molecule has 350 valence electrons. The van der Waals surface area contributed by atoms with Gasteiger partial charge in [-0.25, -0.2) is 19.2 Å². The third-order valence-corrected chi connectivity index (χ3v) is 13.7. The summed E-state index contributed by atoms with van der Waals surface area (Å²) >= 11 is 1.41. The molecule has 0 aromatic carbocycles. The van der Waals surface area contributed by atoms with Gasteiger partial charge in [0.25, 0.3) is 5.67 Å². The van der Waals surface area contributed by atoms with Gasteiger partial charge in [0.1, 0.15) is 28.7 Å². The Morgan fingerprint density at radius 2 is 1.81 bits per heavy atom. The number of fused-ring (bicyclic) bond motifs is 5. The van der Waals surface area contributed by atoms with Crippen LogP contribution in [0, 0.1) is 23.2 Å². The van der Waals surface area contributed by atoms with Crippen LogP contribution in [0.4, 0.5) is 10.2 Å². The van der Waals surface area contributed by atoms with Gasteiger partial charge < -0.3 is 44.3 Å². The number of aliphatic imine (C=N–C) groups is 1. The number of ether oxygens (including phenoxy) is 5. The van der Waals surface area contributed by atoms with Crippen molar-refractivity contribution in [1.82, 2.24) is 14.9 Å². The number of rotatable bonds is 9. The molecule has 3 fully saturated rings. The summed E-state index contributed by atoms with van der Waals surface area (Å²) in [6, 6.07) is 3.27. The number of alkyl halides is 1. The Labute approximate surface area is 374 Å². The van der Waals surface area contributed by atoms with Crippen LogP contribution in [-0.4, -0.2) is 130 Å². The summed E-state index contributed by atoms with van der Waals surface area (Å²) in [5.41, 5.74) is 2.30. The van der Waals surface area contributed by atoms with Crippen molar-refractivity contribution in [2.75, 3.05) is 33.0 Å². The number of oxime groups is 1. The number of carbonyl (C=O) groups excluding carboxylic acids is 3. The van der Waals surface area contributed by atoms with Crippen LogP contribution in [0.1, 0.15) is 101 Å². The van der Waals surface area contributed by atoms with Crippen molar-refractivity contribution < 1.29 is 52.4 Å². The van der Waals surface area contributed by atoms with Crippen molar-refractivity contribution >= 4 is 46.2 Å². The van der Waals surface area contributed by atoms with Crippen LogP contribution in [-0.2, 0) is 49.5 Å². The van der Waals surface area contributed by atoms with E-state index in [0.29, 0.717) is 29.4 Å². The van der Waals surface area contributed by atoms with E-state index in [1.807, 2.05) is 59.7 Å². The smallest absolute Gasteiger partial charge is 0.351 e. The molecule has 3 N–H and O–H groups in total. The molecule has 3 aliphatic heterocycles. The number of hydrogen-bond donors (Lipinski definition) is 2. The maximum Gasteiger partial charge on any atom is 0.351 e. The first-order chi connectivity index (χ1) is 29.5. The Bertz CT molecular complexity index is 1980. The predicted molar refractivity (Wildman–Crippen MR) is 237 cm³/mol. The Morgan fingerprint density at radius 3 is 2.41 bits per heavy atom. The van der Waals surface area contributed by atoms with Crippen molar-refractivity contribution in [3.05, 3.63) is 29.4 Å². The van der Waals surface area contributed by atoms with Gasteiger partial charge in [-0.3, -0.25) is 14.6 Å². The number of halogens is 1. The molecule has 0 aliphatic carbocycles. The van der Waals surface area contributed by atoms with Gasteiger partial charge in [-0.15, -0.1) is 11.3 Å². The fourth-order valence-electron chi connectivity index (χ4n) is 9.23. The van der Waals surface area contributed by atoms with E-state index in [1.54, 1.807) is 38.4 Å². The molecule has 1 amide bonds. The third-order valence-electron chi connectivity index (χ3n) is 12.7. The lowest BCUT2D eigenvalue weighted by atomic mass is 9.70. The fourth-order valence-corrected chi connectivity index (χ4v) is 9.93. The van der Waals surface area contributed by atoms with Crippen LogP contribution in [0.2, 0.25) is 0 Å². The summed E-state index contributed by atoms with van der Waals surface area (Å²) < 4.78 is 49.6. The number of likely N-dealkylation sites (N-methyl/N-ethyl adjacent to an activating group) is 1. The highest BCUT2D eigenvalue weighted by Gasteiger charge is 2.56. The van der Waals surface area contributed by atoms with Gasteiger partial charge in [-0.05, 0) is 72.2 Å². The third kappa shape index (κ3) is 11.4. The molecular formula is C45H67FN6O10S. The molecule has 0 spiro atoms. The zero-order valence-corrected chi connectivity index (χ0v) is 39.6. The van der Waals surface area contributed by atoms with Gasteiger partial charge >= 0.3 is 5.97 Å². The Kier molecular flexibility index (Phi) is 16.4. The van der Waals surface area contributed by atoms with Gasteiger partial charge in [0.2, 0.25) is 5.91 Å². The molecule has 3 saturated heterocycles. The van der Waals surface area contributed by atoms with Gasteiger partial charge in [-0.2, -0.15) is 0 Å². The fraction of sp³-hybridized carbons (Fsp3) is 0.711. The number of ketones is 1. The maximum absolute atomic E-state index is 17.0. The number of anilines is 1. The van der Waals surface area contributed by atoms with Crippen molar-refractivity contribution in [2.45, 2.75) is 156 Å². The van der Waals surface area contributed by atoms with Gasteiger partial charge in [0, 0.05) is 52.6 Å². The molecule has 5 heterocycles. The number of nitrogens with zero attached hydrogens (tertiary/aromatic N) is 5. The van der Waals surface area contributed by atoms with E-state index in [0.717, 1.165) is 17.5 Å². The van der Waals surface area contributed by atoms with Crippen LogP contribution >= 0.6 is 11.3 Å². The number of thiazole rings is 1. The molecule has 2 unspecified atom stereocenters. The van der Waals surface area contributed by atoms with E-state index < -0.39 is 76.9 Å². The lowest BCUT2D eigenvalue weighted by molar-refractivity contribution is -0.296. The molecule has 0 saturated carbocycles. The summed E-state index contributed by atoms with van der Waals surface area (Å²) in [6.45, 7) is 16.6. The minimum absolute atomic E-state index is 0.0122. The molecular weight excluding hydrogens is 836 g/mol. The van der Waals surface area contributed by atoms with E-state index in [4.69, 9.17) is 34.3 Å². The Morgan fingerprint density at radius 1 is 1.10 bits per heavy atom. The molecule has 2 aromatic rings. The first kappa shape index (κ1) is 50.2. The van der Waals surface area contributed by atoms with Crippen molar-refractivity contribution in [3.63, 3.8) is 0 Å². The van der Waals surface area contributed by atoms with Gasteiger partial charge in [-0.1, -0.05) is 53.6 Å². The molecule has 3 aliphatic rings. The average Bonchev–Trinajstić information content (AvgIpc) is 3.67. The highest BCUT2D eigenvalue weighted by Crippen LogP contribution is 2.43. The minimum Gasteiger partial charge on any atom is -0.459 e. The van der Waals surface area contributed by atoms with Crippen molar-refractivity contribution in [1.29, 1.82) is 0 Å². The number of Topliss-reactive ketones (excluding diaryl/α,β-unsaturated/α-hetero) is 1. The summed E-state index contributed by atoms with van der Waals surface area (Å²) in [6.07, 6.45) is -3.35. The van der Waals surface area contributed by atoms with Crippen molar-refractivity contribution in [3.8, 4) is 10.6 Å². The second kappa shape index (κ2) is 20.6. The summed E-state index contributed by atoms with van der Waals surface area (Å²) in [4.78, 5) is 63.1. The van der Waals surface area contributed by atoms with Crippen LogP contribution in [0.25, 0.3) is 10.6 Å².